The van der Waals surface area contributed by atoms with Gasteiger partial charge >= 0.3 is 0 Å². The van der Waals surface area contributed by atoms with E-state index in [1.165, 1.54) is 16.4 Å². The highest BCUT2D eigenvalue weighted by atomic mass is 32.2. The Bertz CT molecular complexity index is 1680. The molecule has 4 aromatic carbocycles. The molecule has 0 spiro atoms. The standard InChI is InChI=1S/C32H32N4O5S/c1-23-12-13-25(22-28(23)34-31(37)24-8-4-3-5-9-24)32(38)33-26-14-16-27(17-15-26)42(39,40)36-20-18-35(19-21-36)29-10-6-7-11-30(29)41-2/h3-17,22H,18-21H2,1-2H3,(H,33,38)(H,34,37). The number of hydrogen-bond acceptors (Lipinski definition) is 6. The summed E-state index contributed by atoms with van der Waals surface area (Å²) in [6.45, 7) is 3.61. The van der Waals surface area contributed by atoms with Crippen LogP contribution in [0.25, 0.3) is 0 Å². The van der Waals surface area contributed by atoms with Gasteiger partial charge in [-0.3, -0.25) is 9.59 Å². The van der Waals surface area contributed by atoms with Crippen molar-refractivity contribution in [3.63, 3.8) is 0 Å². The SMILES string of the molecule is COc1ccccc1N1CCN(S(=O)(=O)c2ccc(NC(=O)c3ccc(C)c(NC(=O)c4ccccc4)c3)cc2)CC1. The van der Waals surface area contributed by atoms with Gasteiger partial charge in [0.1, 0.15) is 5.75 Å². The summed E-state index contributed by atoms with van der Waals surface area (Å²) in [6.07, 6.45) is 0. The molecule has 5 rings (SSSR count). The van der Waals surface area contributed by atoms with E-state index < -0.39 is 10.0 Å². The van der Waals surface area contributed by atoms with Crippen molar-refractivity contribution in [2.24, 2.45) is 0 Å². The number of rotatable bonds is 8. The van der Waals surface area contributed by atoms with Crippen molar-refractivity contribution in [1.82, 2.24) is 4.31 Å². The van der Waals surface area contributed by atoms with E-state index in [-0.39, 0.29) is 16.7 Å². The molecule has 2 N–H and O–H groups in total. The molecule has 42 heavy (non-hydrogen) atoms. The van der Waals surface area contributed by atoms with Crippen molar-refractivity contribution >= 4 is 38.9 Å². The first kappa shape index (κ1) is 28.8. The van der Waals surface area contributed by atoms with E-state index in [0.29, 0.717) is 48.7 Å². The molecule has 9 nitrogen and oxygen atoms in total. The molecular weight excluding hydrogens is 552 g/mol. The van der Waals surface area contributed by atoms with Gasteiger partial charge in [-0.25, -0.2) is 8.42 Å². The summed E-state index contributed by atoms with van der Waals surface area (Å²) >= 11 is 0. The Morgan fingerprint density at radius 1 is 0.738 bits per heavy atom. The van der Waals surface area contributed by atoms with Crippen LogP contribution >= 0.6 is 0 Å². The fraction of sp³-hybridized carbons (Fsp3) is 0.188. The Labute approximate surface area is 245 Å². The highest BCUT2D eigenvalue weighted by Gasteiger charge is 2.29. The summed E-state index contributed by atoms with van der Waals surface area (Å²) in [5.74, 6) is 0.104. The van der Waals surface area contributed by atoms with Crippen molar-refractivity contribution in [3.05, 3.63) is 114 Å². The minimum absolute atomic E-state index is 0.160. The number of benzene rings is 4. The number of amides is 2. The van der Waals surface area contributed by atoms with Gasteiger partial charge in [-0.15, -0.1) is 0 Å². The Balaban J connectivity index is 1.22. The van der Waals surface area contributed by atoms with Crippen LogP contribution in [0.3, 0.4) is 0 Å². The van der Waals surface area contributed by atoms with E-state index in [2.05, 4.69) is 15.5 Å². The second kappa shape index (κ2) is 12.5. The van der Waals surface area contributed by atoms with E-state index in [0.717, 1.165) is 17.0 Å². The Morgan fingerprint density at radius 2 is 1.38 bits per heavy atom. The fourth-order valence-corrected chi connectivity index (χ4v) is 6.23. The lowest BCUT2D eigenvalue weighted by Crippen LogP contribution is -2.48. The molecule has 0 atom stereocenters. The molecular formula is C32H32N4O5S. The van der Waals surface area contributed by atoms with Crippen molar-refractivity contribution < 1.29 is 22.7 Å². The maximum absolute atomic E-state index is 13.3. The van der Waals surface area contributed by atoms with Crippen LogP contribution < -0.4 is 20.3 Å². The molecule has 1 heterocycles. The van der Waals surface area contributed by atoms with E-state index in [4.69, 9.17) is 4.74 Å². The van der Waals surface area contributed by atoms with Gasteiger partial charge in [-0.05, 0) is 73.2 Å². The Morgan fingerprint density at radius 3 is 2.07 bits per heavy atom. The van der Waals surface area contributed by atoms with Gasteiger partial charge in [0.05, 0.1) is 17.7 Å². The van der Waals surface area contributed by atoms with Crippen LogP contribution in [-0.2, 0) is 10.0 Å². The maximum atomic E-state index is 13.3. The second-order valence-electron chi connectivity index (χ2n) is 9.89. The lowest BCUT2D eigenvalue weighted by molar-refractivity contribution is 0.101. The molecule has 1 aliphatic heterocycles. The summed E-state index contributed by atoms with van der Waals surface area (Å²) in [4.78, 5) is 27.9. The lowest BCUT2D eigenvalue weighted by atomic mass is 10.1. The lowest BCUT2D eigenvalue weighted by Gasteiger charge is -2.35. The number of sulfonamides is 1. The van der Waals surface area contributed by atoms with Crippen molar-refractivity contribution in [1.29, 1.82) is 0 Å². The number of nitrogens with zero attached hydrogens (tertiary/aromatic N) is 2. The molecule has 0 unspecified atom stereocenters. The topological polar surface area (TPSA) is 108 Å². The first-order valence-electron chi connectivity index (χ1n) is 13.5. The monoisotopic (exact) mass is 584 g/mol. The Kier molecular flexibility index (Phi) is 8.56. The highest BCUT2D eigenvalue weighted by molar-refractivity contribution is 7.89. The molecule has 1 saturated heterocycles. The summed E-state index contributed by atoms with van der Waals surface area (Å²) in [7, 11) is -2.08. The van der Waals surface area contributed by atoms with E-state index in [1.807, 2.05) is 37.3 Å². The maximum Gasteiger partial charge on any atom is 0.255 e. The minimum atomic E-state index is -3.70. The van der Waals surface area contributed by atoms with Gasteiger partial charge in [0.2, 0.25) is 10.0 Å². The van der Waals surface area contributed by atoms with Gasteiger partial charge in [-0.1, -0.05) is 36.4 Å². The first-order valence-corrected chi connectivity index (χ1v) is 15.0. The normalized spacial score (nSPS) is 13.8. The zero-order chi connectivity index (χ0) is 29.7. The Hall–Kier alpha value is -4.67. The highest BCUT2D eigenvalue weighted by Crippen LogP contribution is 2.29. The van der Waals surface area contributed by atoms with E-state index >= 15 is 0 Å². The van der Waals surface area contributed by atoms with Crippen LogP contribution in [0.4, 0.5) is 17.1 Å². The number of hydrogen-bond donors (Lipinski definition) is 2. The number of carbonyl (C=O) groups is 2. The molecule has 0 aliphatic carbocycles. The number of para-hydroxylation sites is 2. The first-order chi connectivity index (χ1) is 20.3. The molecule has 2 amide bonds. The number of methoxy groups -OCH3 is 1. The zero-order valence-electron chi connectivity index (χ0n) is 23.4. The number of carbonyl (C=O) groups excluding carboxylic acids is 2. The molecule has 0 saturated carbocycles. The summed E-state index contributed by atoms with van der Waals surface area (Å²) in [5.41, 5.74) is 3.61. The van der Waals surface area contributed by atoms with Crippen LogP contribution in [0.15, 0.2) is 102 Å². The van der Waals surface area contributed by atoms with Crippen LogP contribution in [0.2, 0.25) is 0 Å². The molecule has 10 heteroatoms. The van der Waals surface area contributed by atoms with E-state index in [1.54, 1.807) is 61.7 Å². The van der Waals surface area contributed by atoms with Crippen LogP contribution in [0.5, 0.6) is 5.75 Å². The van der Waals surface area contributed by atoms with Crippen molar-refractivity contribution in [2.45, 2.75) is 11.8 Å². The zero-order valence-corrected chi connectivity index (χ0v) is 24.2. The van der Waals surface area contributed by atoms with Crippen LogP contribution in [-0.4, -0.2) is 57.8 Å². The smallest absolute Gasteiger partial charge is 0.255 e. The number of nitrogens with one attached hydrogen (secondary N) is 2. The van der Waals surface area contributed by atoms with Gasteiger partial charge in [0.25, 0.3) is 11.8 Å². The van der Waals surface area contributed by atoms with Gasteiger partial charge < -0.3 is 20.3 Å². The third-order valence-corrected chi connectivity index (χ3v) is 9.11. The van der Waals surface area contributed by atoms with Crippen LogP contribution in [0, 0.1) is 6.92 Å². The third kappa shape index (κ3) is 6.29. The summed E-state index contributed by atoms with van der Waals surface area (Å²) in [5, 5.41) is 5.66. The van der Waals surface area contributed by atoms with Gasteiger partial charge in [-0.2, -0.15) is 4.31 Å². The number of ether oxygens (including phenoxy) is 1. The quantitative estimate of drug-likeness (QED) is 0.301. The number of aryl methyl sites for hydroxylation is 1. The molecule has 1 fully saturated rings. The predicted octanol–water partition coefficient (Wildman–Crippen LogP) is 5.02. The number of piperazine rings is 1. The minimum Gasteiger partial charge on any atom is -0.495 e. The summed E-state index contributed by atoms with van der Waals surface area (Å²) in [6, 6.07) is 27.7. The summed E-state index contributed by atoms with van der Waals surface area (Å²) < 4.78 is 33.6. The van der Waals surface area contributed by atoms with Crippen LogP contribution in [0.1, 0.15) is 26.3 Å². The molecule has 1 aliphatic rings. The van der Waals surface area contributed by atoms with Gasteiger partial charge in [0.15, 0.2) is 0 Å². The molecule has 4 aromatic rings. The fourth-order valence-electron chi connectivity index (χ4n) is 4.80. The van der Waals surface area contributed by atoms with Gasteiger partial charge in [0, 0.05) is 48.7 Å². The second-order valence-corrected chi connectivity index (χ2v) is 11.8. The average molecular weight is 585 g/mol. The predicted molar refractivity (Wildman–Crippen MR) is 164 cm³/mol. The third-order valence-electron chi connectivity index (χ3n) is 7.20. The molecule has 0 bridgehead atoms. The van der Waals surface area contributed by atoms with Crippen molar-refractivity contribution in [2.75, 3.05) is 48.8 Å². The molecule has 0 radical (unpaired) electrons. The van der Waals surface area contributed by atoms with Crippen molar-refractivity contribution in [3.8, 4) is 5.75 Å². The molecule has 216 valence electrons. The average Bonchev–Trinajstić information content (AvgIpc) is 3.02. The number of anilines is 3. The largest absolute Gasteiger partial charge is 0.495 e. The molecule has 0 aromatic heterocycles. The van der Waals surface area contributed by atoms with E-state index in [9.17, 15) is 18.0 Å².